The molecule has 3 heteroatoms. The van der Waals surface area contributed by atoms with Crippen LogP contribution in [-0.4, -0.2) is 26.6 Å². The summed E-state index contributed by atoms with van der Waals surface area (Å²) in [5.41, 5.74) is 2.47. The SMILES string of the molecule is CCOC(OCC)C(NC)c1ccccc1C. The van der Waals surface area contributed by atoms with Crippen molar-refractivity contribution in [1.82, 2.24) is 5.32 Å². The third-order valence-corrected chi connectivity index (χ3v) is 2.77. The Bertz CT molecular complexity index is 322. The molecule has 17 heavy (non-hydrogen) atoms. The fraction of sp³-hybridized carbons (Fsp3) is 0.571. The number of benzene rings is 1. The van der Waals surface area contributed by atoms with Gasteiger partial charge in [0.25, 0.3) is 0 Å². The van der Waals surface area contributed by atoms with Gasteiger partial charge in [-0.2, -0.15) is 0 Å². The van der Waals surface area contributed by atoms with Gasteiger partial charge in [0.05, 0.1) is 6.04 Å². The van der Waals surface area contributed by atoms with E-state index in [9.17, 15) is 0 Å². The molecule has 0 saturated heterocycles. The van der Waals surface area contributed by atoms with Gasteiger partial charge in [-0.1, -0.05) is 24.3 Å². The summed E-state index contributed by atoms with van der Waals surface area (Å²) in [5.74, 6) is 0. The van der Waals surface area contributed by atoms with Crippen molar-refractivity contribution in [2.75, 3.05) is 20.3 Å². The number of ether oxygens (including phenoxy) is 2. The number of aryl methyl sites for hydroxylation is 1. The highest BCUT2D eigenvalue weighted by Gasteiger charge is 2.23. The lowest BCUT2D eigenvalue weighted by Gasteiger charge is -2.27. The second-order valence-electron chi connectivity index (χ2n) is 3.90. The minimum Gasteiger partial charge on any atom is -0.351 e. The third kappa shape index (κ3) is 3.80. The van der Waals surface area contributed by atoms with Crippen LogP contribution in [0.1, 0.15) is 31.0 Å². The van der Waals surface area contributed by atoms with Gasteiger partial charge in [0.1, 0.15) is 0 Å². The molecule has 1 atom stereocenters. The summed E-state index contributed by atoms with van der Waals surface area (Å²) in [6, 6.07) is 8.37. The lowest BCUT2D eigenvalue weighted by Crippen LogP contribution is -2.34. The molecule has 1 N–H and O–H groups in total. The molecule has 0 aliphatic carbocycles. The van der Waals surface area contributed by atoms with Gasteiger partial charge in [-0.25, -0.2) is 0 Å². The van der Waals surface area contributed by atoms with Crippen molar-refractivity contribution < 1.29 is 9.47 Å². The molecule has 1 aromatic rings. The zero-order valence-corrected chi connectivity index (χ0v) is 11.2. The summed E-state index contributed by atoms with van der Waals surface area (Å²) in [5, 5.41) is 3.28. The van der Waals surface area contributed by atoms with E-state index in [1.165, 1.54) is 11.1 Å². The van der Waals surface area contributed by atoms with Crippen LogP contribution in [0.25, 0.3) is 0 Å². The first kappa shape index (κ1) is 14.2. The van der Waals surface area contributed by atoms with E-state index in [0.717, 1.165) is 0 Å². The summed E-state index contributed by atoms with van der Waals surface area (Å²) in [6.45, 7) is 7.37. The third-order valence-electron chi connectivity index (χ3n) is 2.77. The van der Waals surface area contributed by atoms with Gasteiger partial charge in [0.2, 0.25) is 0 Å². The Kier molecular flexibility index (Phi) is 6.19. The highest BCUT2D eigenvalue weighted by molar-refractivity contribution is 5.29. The zero-order chi connectivity index (χ0) is 12.7. The largest absolute Gasteiger partial charge is 0.351 e. The summed E-state index contributed by atoms with van der Waals surface area (Å²) >= 11 is 0. The summed E-state index contributed by atoms with van der Waals surface area (Å²) < 4.78 is 11.3. The zero-order valence-electron chi connectivity index (χ0n) is 11.2. The molecule has 0 aliphatic rings. The fourth-order valence-corrected chi connectivity index (χ4v) is 1.94. The van der Waals surface area contributed by atoms with Crippen LogP contribution in [0.4, 0.5) is 0 Å². The predicted octanol–water partition coefficient (Wildman–Crippen LogP) is 2.65. The Morgan fingerprint density at radius 3 is 2.18 bits per heavy atom. The lowest BCUT2D eigenvalue weighted by atomic mass is 10.0. The van der Waals surface area contributed by atoms with Crippen molar-refractivity contribution in [3.8, 4) is 0 Å². The Hall–Kier alpha value is -0.900. The molecular formula is C14H23NO2. The standard InChI is InChI=1S/C14H23NO2/c1-5-16-14(17-6-2)13(15-4)12-10-8-7-9-11(12)3/h7-10,13-15H,5-6H2,1-4H3. The highest BCUT2D eigenvalue weighted by atomic mass is 16.7. The quantitative estimate of drug-likeness (QED) is 0.740. The van der Waals surface area contributed by atoms with E-state index in [-0.39, 0.29) is 12.3 Å². The second kappa shape index (κ2) is 7.43. The Morgan fingerprint density at radius 2 is 1.71 bits per heavy atom. The first-order valence-electron chi connectivity index (χ1n) is 6.20. The van der Waals surface area contributed by atoms with E-state index in [0.29, 0.717) is 13.2 Å². The van der Waals surface area contributed by atoms with Crippen molar-refractivity contribution in [3.63, 3.8) is 0 Å². The molecule has 0 spiro atoms. The first-order chi connectivity index (χ1) is 8.24. The highest BCUT2D eigenvalue weighted by Crippen LogP contribution is 2.23. The van der Waals surface area contributed by atoms with Crippen LogP contribution >= 0.6 is 0 Å². The fourth-order valence-electron chi connectivity index (χ4n) is 1.94. The van der Waals surface area contributed by atoms with E-state index >= 15 is 0 Å². The average Bonchev–Trinajstić information content (AvgIpc) is 2.33. The first-order valence-corrected chi connectivity index (χ1v) is 6.20. The van der Waals surface area contributed by atoms with Gasteiger partial charge >= 0.3 is 0 Å². The number of likely N-dealkylation sites (N-methyl/N-ethyl adjacent to an activating group) is 1. The van der Waals surface area contributed by atoms with Crippen LogP contribution in [0.3, 0.4) is 0 Å². The molecule has 0 fully saturated rings. The topological polar surface area (TPSA) is 30.5 Å². The Morgan fingerprint density at radius 1 is 1.12 bits per heavy atom. The van der Waals surface area contributed by atoms with Crippen molar-refractivity contribution in [2.24, 2.45) is 0 Å². The van der Waals surface area contributed by atoms with Crippen LogP contribution in [0.2, 0.25) is 0 Å². The van der Waals surface area contributed by atoms with Crippen LogP contribution in [0.15, 0.2) is 24.3 Å². The van der Waals surface area contributed by atoms with Gasteiger partial charge in [-0.15, -0.1) is 0 Å². The molecule has 0 saturated carbocycles. The molecule has 0 amide bonds. The van der Waals surface area contributed by atoms with Crippen LogP contribution in [-0.2, 0) is 9.47 Å². The molecule has 1 unspecified atom stereocenters. The summed E-state index contributed by atoms with van der Waals surface area (Å²) in [6.07, 6.45) is -0.240. The Labute approximate surface area is 104 Å². The average molecular weight is 237 g/mol. The number of hydrogen-bond acceptors (Lipinski definition) is 3. The molecule has 0 heterocycles. The molecule has 1 aromatic carbocycles. The second-order valence-corrected chi connectivity index (χ2v) is 3.90. The van der Waals surface area contributed by atoms with E-state index in [4.69, 9.17) is 9.47 Å². The summed E-state index contributed by atoms with van der Waals surface area (Å²) in [7, 11) is 1.93. The number of hydrogen-bond donors (Lipinski definition) is 1. The van der Waals surface area contributed by atoms with Crippen molar-refractivity contribution in [3.05, 3.63) is 35.4 Å². The molecular weight excluding hydrogens is 214 g/mol. The van der Waals surface area contributed by atoms with Crippen molar-refractivity contribution >= 4 is 0 Å². The van der Waals surface area contributed by atoms with E-state index in [2.05, 4.69) is 24.4 Å². The van der Waals surface area contributed by atoms with E-state index < -0.39 is 0 Å². The minimum atomic E-state index is -0.240. The van der Waals surface area contributed by atoms with E-state index in [1.54, 1.807) is 0 Å². The van der Waals surface area contributed by atoms with Gasteiger partial charge in [0.15, 0.2) is 6.29 Å². The molecule has 1 rings (SSSR count). The maximum atomic E-state index is 5.66. The molecule has 0 radical (unpaired) electrons. The van der Waals surface area contributed by atoms with Crippen molar-refractivity contribution in [1.29, 1.82) is 0 Å². The van der Waals surface area contributed by atoms with Gasteiger partial charge in [0, 0.05) is 13.2 Å². The minimum absolute atomic E-state index is 0.0658. The number of nitrogens with one attached hydrogen (secondary N) is 1. The van der Waals surface area contributed by atoms with Gasteiger partial charge in [-0.05, 0) is 38.9 Å². The van der Waals surface area contributed by atoms with Crippen LogP contribution < -0.4 is 5.32 Å². The molecule has 0 aliphatic heterocycles. The van der Waals surface area contributed by atoms with Crippen LogP contribution in [0.5, 0.6) is 0 Å². The summed E-state index contributed by atoms with van der Waals surface area (Å²) in [4.78, 5) is 0. The molecule has 0 aromatic heterocycles. The van der Waals surface area contributed by atoms with Gasteiger partial charge < -0.3 is 14.8 Å². The predicted molar refractivity (Wildman–Crippen MR) is 70.0 cm³/mol. The molecule has 3 nitrogen and oxygen atoms in total. The van der Waals surface area contributed by atoms with E-state index in [1.807, 2.05) is 33.0 Å². The lowest BCUT2D eigenvalue weighted by molar-refractivity contribution is -0.154. The maximum absolute atomic E-state index is 5.66. The monoisotopic (exact) mass is 237 g/mol. The smallest absolute Gasteiger partial charge is 0.176 e. The molecule has 0 bridgehead atoms. The normalized spacial score (nSPS) is 13.0. The van der Waals surface area contributed by atoms with Crippen LogP contribution in [0, 0.1) is 6.92 Å². The Balaban J connectivity index is 2.91. The van der Waals surface area contributed by atoms with Gasteiger partial charge in [-0.3, -0.25) is 0 Å². The maximum Gasteiger partial charge on any atom is 0.176 e. The molecule has 96 valence electrons. The van der Waals surface area contributed by atoms with Crippen molar-refractivity contribution in [2.45, 2.75) is 33.1 Å². The number of rotatable bonds is 7.